The number of nitro groups is 1. The molecule has 2 aromatic rings. The molecule has 0 aromatic heterocycles. The number of nitrogens with zero attached hydrogens (tertiary/aromatic N) is 1. The number of rotatable bonds is 2. The smallest absolute Gasteiger partial charge is 0.258 e. The SMILES string of the molecule is Cc1ccc(-c2cc(F)ccc2[N+](=O)[O-])cc1C. The zero-order valence-corrected chi connectivity index (χ0v) is 10.1. The first-order valence-electron chi connectivity index (χ1n) is 5.50. The van der Waals surface area contributed by atoms with Crippen LogP contribution in [-0.4, -0.2) is 4.92 Å². The Labute approximate surface area is 104 Å². The van der Waals surface area contributed by atoms with Gasteiger partial charge in [-0.1, -0.05) is 18.2 Å². The van der Waals surface area contributed by atoms with E-state index in [2.05, 4.69) is 0 Å². The number of halogens is 1. The summed E-state index contributed by atoms with van der Waals surface area (Å²) in [4.78, 5) is 10.4. The van der Waals surface area contributed by atoms with Crippen LogP contribution in [0.2, 0.25) is 0 Å². The summed E-state index contributed by atoms with van der Waals surface area (Å²) in [6.45, 7) is 3.88. The van der Waals surface area contributed by atoms with E-state index in [-0.39, 0.29) is 5.69 Å². The van der Waals surface area contributed by atoms with Gasteiger partial charge in [0.05, 0.1) is 10.5 Å². The molecule has 92 valence electrons. The molecule has 0 amide bonds. The molecule has 0 fully saturated rings. The molecule has 2 rings (SSSR count). The van der Waals surface area contributed by atoms with Crippen molar-refractivity contribution in [1.29, 1.82) is 0 Å². The van der Waals surface area contributed by atoms with Gasteiger partial charge in [0.15, 0.2) is 0 Å². The first-order chi connectivity index (χ1) is 8.49. The largest absolute Gasteiger partial charge is 0.277 e. The van der Waals surface area contributed by atoms with Crippen molar-refractivity contribution in [2.75, 3.05) is 0 Å². The molecule has 0 saturated heterocycles. The first-order valence-corrected chi connectivity index (χ1v) is 5.50. The summed E-state index contributed by atoms with van der Waals surface area (Å²) < 4.78 is 13.3. The number of hydrogen-bond donors (Lipinski definition) is 0. The van der Waals surface area contributed by atoms with E-state index in [1.54, 1.807) is 6.07 Å². The Hall–Kier alpha value is -2.23. The zero-order valence-electron chi connectivity index (χ0n) is 10.1. The Morgan fingerprint density at radius 2 is 1.78 bits per heavy atom. The van der Waals surface area contributed by atoms with Crippen LogP contribution in [0.15, 0.2) is 36.4 Å². The van der Waals surface area contributed by atoms with Gasteiger partial charge in [0.1, 0.15) is 5.82 Å². The van der Waals surface area contributed by atoms with Gasteiger partial charge in [0.2, 0.25) is 0 Å². The van der Waals surface area contributed by atoms with Crippen LogP contribution in [0.3, 0.4) is 0 Å². The molecule has 0 N–H and O–H groups in total. The number of hydrogen-bond acceptors (Lipinski definition) is 2. The van der Waals surface area contributed by atoms with E-state index in [9.17, 15) is 14.5 Å². The predicted octanol–water partition coefficient (Wildman–Crippen LogP) is 4.02. The molecule has 2 aromatic carbocycles. The van der Waals surface area contributed by atoms with Crippen molar-refractivity contribution >= 4 is 5.69 Å². The Morgan fingerprint density at radius 1 is 1.06 bits per heavy atom. The summed E-state index contributed by atoms with van der Waals surface area (Å²) in [6, 6.07) is 8.96. The highest BCUT2D eigenvalue weighted by atomic mass is 19.1. The maximum Gasteiger partial charge on any atom is 0.277 e. The van der Waals surface area contributed by atoms with Crippen molar-refractivity contribution in [3.8, 4) is 11.1 Å². The van der Waals surface area contributed by atoms with Crippen LogP contribution in [0.4, 0.5) is 10.1 Å². The van der Waals surface area contributed by atoms with Crippen LogP contribution in [0.1, 0.15) is 11.1 Å². The lowest BCUT2D eigenvalue weighted by atomic mass is 9.99. The van der Waals surface area contributed by atoms with E-state index >= 15 is 0 Å². The van der Waals surface area contributed by atoms with Crippen LogP contribution in [0.5, 0.6) is 0 Å². The minimum atomic E-state index is -0.496. The zero-order chi connectivity index (χ0) is 13.3. The second-order valence-corrected chi connectivity index (χ2v) is 4.22. The molecular weight excluding hydrogens is 233 g/mol. The van der Waals surface area contributed by atoms with Gasteiger partial charge >= 0.3 is 0 Å². The van der Waals surface area contributed by atoms with Gasteiger partial charge in [-0.05, 0) is 42.7 Å². The molecule has 0 aliphatic carbocycles. The molecule has 0 saturated carbocycles. The number of benzene rings is 2. The second-order valence-electron chi connectivity index (χ2n) is 4.22. The highest BCUT2D eigenvalue weighted by molar-refractivity contribution is 5.74. The van der Waals surface area contributed by atoms with Gasteiger partial charge < -0.3 is 0 Å². The average molecular weight is 245 g/mol. The fraction of sp³-hybridized carbons (Fsp3) is 0.143. The van der Waals surface area contributed by atoms with Gasteiger partial charge in [0, 0.05) is 6.07 Å². The van der Waals surface area contributed by atoms with Crippen molar-refractivity contribution in [1.82, 2.24) is 0 Å². The van der Waals surface area contributed by atoms with Gasteiger partial charge in [-0.3, -0.25) is 10.1 Å². The quantitative estimate of drug-likeness (QED) is 0.592. The molecule has 0 spiro atoms. The van der Waals surface area contributed by atoms with Gasteiger partial charge in [-0.2, -0.15) is 0 Å². The van der Waals surface area contributed by atoms with Crippen LogP contribution >= 0.6 is 0 Å². The van der Waals surface area contributed by atoms with Crippen LogP contribution in [0, 0.1) is 29.8 Å². The molecule has 0 atom stereocenters. The molecule has 0 aliphatic rings. The molecule has 18 heavy (non-hydrogen) atoms. The van der Waals surface area contributed by atoms with E-state index < -0.39 is 10.7 Å². The number of aryl methyl sites for hydroxylation is 2. The van der Waals surface area contributed by atoms with E-state index in [4.69, 9.17) is 0 Å². The van der Waals surface area contributed by atoms with Crippen molar-refractivity contribution < 1.29 is 9.31 Å². The summed E-state index contributed by atoms with van der Waals surface area (Å²) in [5, 5.41) is 10.9. The lowest BCUT2D eigenvalue weighted by Crippen LogP contribution is -1.93. The third kappa shape index (κ3) is 2.22. The molecular formula is C14H12FNO2. The van der Waals surface area contributed by atoms with Crippen LogP contribution in [-0.2, 0) is 0 Å². The summed E-state index contributed by atoms with van der Waals surface area (Å²) in [5.74, 6) is -0.478. The molecule has 0 heterocycles. The molecule has 0 aliphatic heterocycles. The fourth-order valence-electron chi connectivity index (χ4n) is 1.81. The normalized spacial score (nSPS) is 10.4. The summed E-state index contributed by atoms with van der Waals surface area (Å²) in [6.07, 6.45) is 0. The summed E-state index contributed by atoms with van der Waals surface area (Å²) in [5.41, 5.74) is 3.00. The third-order valence-electron chi connectivity index (χ3n) is 2.97. The lowest BCUT2D eigenvalue weighted by molar-refractivity contribution is -0.384. The minimum absolute atomic E-state index is 0.0837. The third-order valence-corrected chi connectivity index (χ3v) is 2.97. The Balaban J connectivity index is 2.65. The lowest BCUT2D eigenvalue weighted by Gasteiger charge is -2.06. The van der Waals surface area contributed by atoms with E-state index in [1.165, 1.54) is 12.1 Å². The van der Waals surface area contributed by atoms with Crippen LogP contribution in [0.25, 0.3) is 11.1 Å². The highest BCUT2D eigenvalue weighted by Crippen LogP contribution is 2.31. The predicted molar refractivity (Wildman–Crippen MR) is 68.0 cm³/mol. The van der Waals surface area contributed by atoms with Gasteiger partial charge in [-0.15, -0.1) is 0 Å². The summed E-state index contributed by atoms with van der Waals surface area (Å²) >= 11 is 0. The molecule has 4 heteroatoms. The average Bonchev–Trinajstić information content (AvgIpc) is 2.32. The topological polar surface area (TPSA) is 43.1 Å². The monoisotopic (exact) mass is 245 g/mol. The molecule has 0 radical (unpaired) electrons. The van der Waals surface area contributed by atoms with Crippen molar-refractivity contribution in [3.05, 3.63) is 63.5 Å². The second kappa shape index (κ2) is 4.56. The first kappa shape index (κ1) is 12.2. The Morgan fingerprint density at radius 3 is 2.39 bits per heavy atom. The van der Waals surface area contributed by atoms with Crippen molar-refractivity contribution in [2.24, 2.45) is 0 Å². The Bertz CT molecular complexity index is 623. The fourth-order valence-corrected chi connectivity index (χ4v) is 1.81. The van der Waals surface area contributed by atoms with Gasteiger partial charge in [-0.25, -0.2) is 4.39 Å². The van der Waals surface area contributed by atoms with E-state index in [0.29, 0.717) is 11.1 Å². The van der Waals surface area contributed by atoms with Crippen molar-refractivity contribution in [2.45, 2.75) is 13.8 Å². The standard InChI is InChI=1S/C14H12FNO2/c1-9-3-4-11(7-10(9)2)13-8-12(15)5-6-14(13)16(17)18/h3-8H,1-2H3. The molecule has 0 unspecified atom stereocenters. The highest BCUT2D eigenvalue weighted by Gasteiger charge is 2.16. The molecule has 3 nitrogen and oxygen atoms in total. The summed E-state index contributed by atoms with van der Waals surface area (Å²) in [7, 11) is 0. The minimum Gasteiger partial charge on any atom is -0.258 e. The Kier molecular flexibility index (Phi) is 3.10. The molecule has 0 bridgehead atoms. The van der Waals surface area contributed by atoms with Gasteiger partial charge in [0.25, 0.3) is 5.69 Å². The van der Waals surface area contributed by atoms with E-state index in [1.807, 2.05) is 26.0 Å². The van der Waals surface area contributed by atoms with Crippen molar-refractivity contribution in [3.63, 3.8) is 0 Å². The van der Waals surface area contributed by atoms with Crippen LogP contribution < -0.4 is 0 Å². The van der Waals surface area contributed by atoms with E-state index in [0.717, 1.165) is 17.2 Å². The maximum atomic E-state index is 13.3. The maximum absolute atomic E-state index is 13.3. The number of nitro benzene ring substituents is 1.